The van der Waals surface area contributed by atoms with E-state index in [0.29, 0.717) is 47.8 Å². The molecule has 31 heavy (non-hydrogen) atoms. The van der Waals surface area contributed by atoms with Crippen LogP contribution in [0.15, 0.2) is 0 Å². The smallest absolute Gasteiger partial charge is 0.550 e. The van der Waals surface area contributed by atoms with Crippen molar-refractivity contribution in [1.82, 2.24) is 0 Å². The Morgan fingerprint density at radius 1 is 1.03 bits per heavy atom. The molecule has 5 heteroatoms. The van der Waals surface area contributed by atoms with Gasteiger partial charge in [-0.2, -0.15) is 0 Å². The Morgan fingerprint density at radius 2 is 1.68 bits per heavy atom. The maximum atomic E-state index is 11.7. The van der Waals surface area contributed by atoms with E-state index >= 15 is 0 Å². The van der Waals surface area contributed by atoms with E-state index < -0.39 is 5.97 Å². The molecule has 0 aromatic carbocycles. The number of aliphatic hydroxyl groups is 2. The predicted molar refractivity (Wildman–Crippen MR) is 115 cm³/mol. The zero-order valence-electron chi connectivity index (χ0n) is 20.5. The van der Waals surface area contributed by atoms with Gasteiger partial charge in [0.2, 0.25) is 0 Å². The largest absolute Gasteiger partial charge is 1.00 e. The number of hydrogen-bond acceptors (Lipinski definition) is 4. The predicted octanol–water partition coefficient (Wildman–Crippen LogP) is 0.783. The normalized spacial score (nSPS) is 49.9. The van der Waals surface area contributed by atoms with Crippen molar-refractivity contribution in [2.75, 3.05) is 0 Å². The van der Waals surface area contributed by atoms with E-state index in [1.807, 2.05) is 0 Å². The second-order valence-corrected chi connectivity index (χ2v) is 12.0. The molecular weight excluding hydrogens is 415 g/mol. The number of carbonyl (C=O) groups is 1. The third-order valence-electron chi connectivity index (χ3n) is 11.0. The fraction of sp³-hybridized carbons (Fsp3) is 0.962. The summed E-state index contributed by atoms with van der Waals surface area (Å²) in [5, 5.41) is 33.1. The van der Waals surface area contributed by atoms with Crippen LogP contribution in [0.25, 0.3) is 0 Å². The molecule has 0 amide bonds. The fourth-order valence-corrected chi connectivity index (χ4v) is 9.48. The molecule has 0 bridgehead atoms. The van der Waals surface area contributed by atoms with Crippen LogP contribution in [0, 0.1) is 52.3 Å². The Labute approximate surface area is 231 Å². The number of hydrogen-bond donors (Lipinski definition) is 2. The van der Waals surface area contributed by atoms with E-state index in [0.717, 1.165) is 25.7 Å². The van der Waals surface area contributed by atoms with Crippen molar-refractivity contribution in [2.24, 2.45) is 52.3 Å². The second-order valence-electron chi connectivity index (χ2n) is 12.0. The number of carbonyl (C=O) groups excluding carboxylic acids is 1. The van der Waals surface area contributed by atoms with Crippen molar-refractivity contribution >= 4 is 5.97 Å². The first kappa shape index (κ1) is 26.6. The van der Waals surface area contributed by atoms with Crippen LogP contribution in [0.3, 0.4) is 0 Å². The van der Waals surface area contributed by atoms with Crippen molar-refractivity contribution in [3.05, 3.63) is 0 Å². The standard InChI is InChI=1S/C26H44O4.K/c1-5-17-21-14-16(27)10-12-26(21,4)20-11-13-25(3)18(15(2)6-9-22(28)29)7-8-19(25)23(20)24(17)30;/h15-21,23-24,27,30H,5-14H2,1-4H3,(H,28,29);/q;+1/p-1/t15-,16-,17-,18-,19?,20?,21+,23?,24-,25-,26-;/m1./s1. The van der Waals surface area contributed by atoms with Gasteiger partial charge in [-0.1, -0.05) is 34.1 Å². The van der Waals surface area contributed by atoms with Gasteiger partial charge in [-0.3, -0.25) is 0 Å². The Bertz CT molecular complexity index is 655. The summed E-state index contributed by atoms with van der Waals surface area (Å²) in [6, 6.07) is 0. The van der Waals surface area contributed by atoms with Crippen LogP contribution in [0.5, 0.6) is 0 Å². The molecule has 0 aliphatic heterocycles. The van der Waals surface area contributed by atoms with Gasteiger partial charge in [0.05, 0.1) is 12.2 Å². The summed E-state index contributed by atoms with van der Waals surface area (Å²) in [5.74, 6) is 2.21. The molecule has 2 N–H and O–H groups in total. The summed E-state index contributed by atoms with van der Waals surface area (Å²) in [6.45, 7) is 9.39. The van der Waals surface area contributed by atoms with E-state index in [9.17, 15) is 20.1 Å². The molecule has 4 aliphatic rings. The molecule has 4 saturated carbocycles. The Morgan fingerprint density at radius 3 is 2.32 bits per heavy atom. The van der Waals surface area contributed by atoms with Crippen molar-refractivity contribution in [1.29, 1.82) is 0 Å². The maximum Gasteiger partial charge on any atom is 1.00 e. The average Bonchev–Trinajstić information content (AvgIpc) is 3.05. The number of carboxylic acid groups (broad SMARTS) is 1. The third-order valence-corrected chi connectivity index (χ3v) is 11.0. The minimum absolute atomic E-state index is 0. The number of rotatable bonds is 5. The molecular formula is C26H43KO4. The van der Waals surface area contributed by atoms with Crippen LogP contribution < -0.4 is 56.5 Å². The van der Waals surface area contributed by atoms with Gasteiger partial charge in [0.15, 0.2) is 0 Å². The number of fused-ring (bicyclic) bond motifs is 5. The fourth-order valence-electron chi connectivity index (χ4n) is 9.48. The third kappa shape index (κ3) is 4.41. The number of aliphatic carboxylic acids is 1. The van der Waals surface area contributed by atoms with Crippen molar-refractivity contribution in [3.63, 3.8) is 0 Å². The number of aliphatic hydroxyl groups excluding tert-OH is 2. The topological polar surface area (TPSA) is 80.6 Å². The first-order valence-electron chi connectivity index (χ1n) is 12.7. The van der Waals surface area contributed by atoms with Gasteiger partial charge in [0, 0.05) is 5.97 Å². The van der Waals surface area contributed by atoms with Crippen LogP contribution >= 0.6 is 0 Å². The molecule has 0 aromatic rings. The van der Waals surface area contributed by atoms with Crippen LogP contribution in [0.1, 0.15) is 91.9 Å². The summed E-state index contributed by atoms with van der Waals surface area (Å²) in [4.78, 5) is 11.0. The van der Waals surface area contributed by atoms with Crippen molar-refractivity contribution in [2.45, 2.75) is 104 Å². The molecule has 4 rings (SSSR count). The molecule has 172 valence electrons. The van der Waals surface area contributed by atoms with Crippen molar-refractivity contribution in [3.8, 4) is 0 Å². The monoisotopic (exact) mass is 458 g/mol. The van der Waals surface area contributed by atoms with Gasteiger partial charge >= 0.3 is 51.4 Å². The molecule has 0 spiro atoms. The molecule has 11 atom stereocenters. The van der Waals surface area contributed by atoms with E-state index in [-0.39, 0.29) is 80.8 Å². The summed E-state index contributed by atoms with van der Waals surface area (Å²) in [7, 11) is 0. The van der Waals surface area contributed by atoms with Gasteiger partial charge in [0.25, 0.3) is 0 Å². The minimum atomic E-state index is -0.933. The van der Waals surface area contributed by atoms with Gasteiger partial charge in [-0.15, -0.1) is 0 Å². The van der Waals surface area contributed by atoms with E-state index in [1.54, 1.807) is 0 Å². The molecule has 3 unspecified atom stereocenters. The van der Waals surface area contributed by atoms with Crippen LogP contribution in [-0.4, -0.2) is 28.4 Å². The molecule has 0 heterocycles. The summed E-state index contributed by atoms with van der Waals surface area (Å²) < 4.78 is 0. The molecule has 4 fully saturated rings. The summed E-state index contributed by atoms with van der Waals surface area (Å²) >= 11 is 0. The molecule has 4 nitrogen and oxygen atoms in total. The first-order valence-corrected chi connectivity index (χ1v) is 12.7. The second kappa shape index (κ2) is 9.95. The zero-order chi connectivity index (χ0) is 21.8. The maximum absolute atomic E-state index is 11.7. The number of carboxylic acids is 1. The van der Waals surface area contributed by atoms with Crippen LogP contribution in [-0.2, 0) is 4.79 Å². The van der Waals surface area contributed by atoms with Crippen molar-refractivity contribution < 1.29 is 71.5 Å². The van der Waals surface area contributed by atoms with Crippen LogP contribution in [0.2, 0.25) is 0 Å². The first-order chi connectivity index (χ1) is 14.1. The van der Waals surface area contributed by atoms with Crippen LogP contribution in [0.4, 0.5) is 0 Å². The van der Waals surface area contributed by atoms with E-state index in [4.69, 9.17) is 0 Å². The van der Waals surface area contributed by atoms with E-state index in [2.05, 4.69) is 27.7 Å². The van der Waals surface area contributed by atoms with Gasteiger partial charge in [0.1, 0.15) is 0 Å². The zero-order valence-corrected chi connectivity index (χ0v) is 23.6. The average molecular weight is 459 g/mol. The Kier molecular flexibility index (Phi) is 8.55. The quantitative estimate of drug-likeness (QED) is 0.597. The molecule has 0 saturated heterocycles. The van der Waals surface area contributed by atoms with Gasteiger partial charge < -0.3 is 20.1 Å². The minimum Gasteiger partial charge on any atom is -0.550 e. The molecule has 0 aromatic heterocycles. The SMILES string of the molecule is CC[C@H]1[C@@H](O)C2C3CC[C@H]([C@H](C)CCC(=O)[O-])[C@@]3(C)CCC2[C@@]2(C)CC[C@@H](O)C[C@@H]12.[K+]. The summed E-state index contributed by atoms with van der Waals surface area (Å²) in [6.07, 6.45) is 8.99. The van der Waals surface area contributed by atoms with Gasteiger partial charge in [-0.25, -0.2) is 0 Å². The van der Waals surface area contributed by atoms with E-state index in [1.165, 1.54) is 25.7 Å². The Hall–Kier alpha value is 1.03. The molecule has 0 radical (unpaired) electrons. The summed E-state index contributed by atoms with van der Waals surface area (Å²) in [5.41, 5.74) is 0.451. The molecule has 4 aliphatic carbocycles. The Balaban J connectivity index is 0.00000272. The van der Waals surface area contributed by atoms with Gasteiger partial charge in [-0.05, 0) is 110 Å².